The third kappa shape index (κ3) is 35.3. The molecule has 3 N–H and O–H groups in total. The fourth-order valence-corrected chi connectivity index (χ4v) is 5.74. The molecule has 0 unspecified atom stereocenters. The van der Waals surface area contributed by atoms with E-state index in [1.165, 1.54) is 185 Å². The van der Waals surface area contributed by atoms with Crippen molar-refractivity contribution in [1.82, 2.24) is 5.32 Å². The van der Waals surface area contributed by atoms with Crippen LogP contribution in [0.2, 0.25) is 0 Å². The molecule has 0 radical (unpaired) electrons. The number of allylic oxidation sites excluding steroid dienone is 1. The molecule has 3 nitrogen and oxygen atoms in total. The first-order chi connectivity index (χ1) is 20.0. The number of hydrogen-bond donors (Lipinski definition) is 2. The Morgan fingerprint density at radius 2 is 0.634 bits per heavy atom. The van der Waals surface area contributed by atoms with Gasteiger partial charge in [0.25, 0.3) is 0 Å². The number of rotatable bonds is 31. The van der Waals surface area contributed by atoms with Crippen molar-refractivity contribution in [3.8, 4) is 0 Å². The van der Waals surface area contributed by atoms with Crippen LogP contribution in [0.4, 0.5) is 0 Å². The van der Waals surface area contributed by atoms with E-state index < -0.39 is 0 Å². The van der Waals surface area contributed by atoms with E-state index in [0.717, 1.165) is 18.4 Å². The molecule has 0 aromatic rings. The lowest BCUT2D eigenvalue weighted by molar-refractivity contribution is -0.114. The van der Waals surface area contributed by atoms with Crippen molar-refractivity contribution in [1.29, 1.82) is 0 Å². The lowest BCUT2D eigenvalue weighted by Crippen LogP contribution is -2.14. The molecule has 0 bridgehead atoms. The highest BCUT2D eigenvalue weighted by Crippen LogP contribution is 2.22. The molecule has 0 saturated heterocycles. The van der Waals surface area contributed by atoms with Crippen LogP contribution < -0.4 is 11.1 Å². The van der Waals surface area contributed by atoms with Gasteiger partial charge in [0.1, 0.15) is 0 Å². The Kier molecular flexibility index (Phi) is 38.4. The van der Waals surface area contributed by atoms with E-state index >= 15 is 0 Å². The average molecular weight is 579 g/mol. The van der Waals surface area contributed by atoms with E-state index in [-0.39, 0.29) is 5.91 Å². The number of nitrogens with one attached hydrogen (secondary N) is 1. The lowest BCUT2D eigenvalue weighted by atomic mass is 9.95. The Morgan fingerprint density at radius 1 is 0.439 bits per heavy atom. The summed E-state index contributed by atoms with van der Waals surface area (Å²) in [7, 11) is 3.75. The Hall–Kier alpha value is -0.830. The molecule has 3 heteroatoms. The monoisotopic (exact) mass is 579 g/mol. The maximum absolute atomic E-state index is 11.8. The molecule has 0 aromatic heterocycles. The summed E-state index contributed by atoms with van der Waals surface area (Å²) in [6.45, 7) is 6.53. The van der Waals surface area contributed by atoms with Crippen LogP contribution in [-0.4, -0.2) is 20.0 Å². The number of carbonyl (C=O) groups is 1. The Balaban J connectivity index is 0. The van der Waals surface area contributed by atoms with E-state index in [4.69, 9.17) is 5.73 Å². The fraction of sp³-hybridized carbons (Fsp3) is 0.921. The quantitative estimate of drug-likeness (QED) is 0.0635. The van der Waals surface area contributed by atoms with Crippen LogP contribution in [-0.2, 0) is 4.79 Å². The highest BCUT2D eigenvalue weighted by molar-refractivity contribution is 5.92. The number of hydrogen-bond acceptors (Lipinski definition) is 2. The predicted octanol–water partition coefficient (Wildman–Crippen LogP) is 12.4. The minimum atomic E-state index is -0.212. The van der Waals surface area contributed by atoms with Crippen molar-refractivity contribution in [3.63, 3.8) is 0 Å². The summed E-state index contributed by atoms with van der Waals surface area (Å²) in [4.78, 5) is 11.8. The van der Waals surface area contributed by atoms with E-state index in [2.05, 4.69) is 19.2 Å². The van der Waals surface area contributed by atoms with E-state index in [9.17, 15) is 4.79 Å². The summed E-state index contributed by atoms with van der Waals surface area (Å²) in [5.41, 5.74) is 7.83. The van der Waals surface area contributed by atoms with Gasteiger partial charge in [-0.3, -0.25) is 4.79 Å². The second-order valence-electron chi connectivity index (χ2n) is 12.8. The van der Waals surface area contributed by atoms with Gasteiger partial charge in [0.15, 0.2) is 0 Å². The fourth-order valence-electron chi connectivity index (χ4n) is 5.74. The minimum absolute atomic E-state index is 0.212. The van der Waals surface area contributed by atoms with Gasteiger partial charge < -0.3 is 11.1 Å². The van der Waals surface area contributed by atoms with Gasteiger partial charge in [0.2, 0.25) is 5.91 Å². The van der Waals surface area contributed by atoms with Crippen molar-refractivity contribution < 1.29 is 4.79 Å². The van der Waals surface area contributed by atoms with Gasteiger partial charge in [-0.15, -0.1) is 0 Å². The largest absolute Gasteiger partial charge is 0.366 e. The summed E-state index contributed by atoms with van der Waals surface area (Å²) in [5.74, 6) is -0.212. The van der Waals surface area contributed by atoms with Crippen molar-refractivity contribution in [3.05, 3.63) is 11.1 Å². The normalized spacial score (nSPS) is 10.9. The Morgan fingerprint density at radius 3 is 0.829 bits per heavy atom. The van der Waals surface area contributed by atoms with Crippen LogP contribution in [0, 0.1) is 0 Å². The highest BCUT2D eigenvalue weighted by Gasteiger charge is 2.08. The second-order valence-corrected chi connectivity index (χ2v) is 12.8. The van der Waals surface area contributed by atoms with Gasteiger partial charge in [-0.2, -0.15) is 0 Å². The van der Waals surface area contributed by atoms with E-state index in [0.29, 0.717) is 0 Å². The Bertz CT molecular complexity index is 508. The molecule has 0 saturated carbocycles. The second kappa shape index (κ2) is 37.2. The van der Waals surface area contributed by atoms with Gasteiger partial charge in [0.05, 0.1) is 0 Å². The van der Waals surface area contributed by atoms with Crippen LogP contribution in [0.25, 0.3) is 0 Å². The van der Waals surface area contributed by atoms with E-state index in [1.54, 1.807) is 0 Å². The molecule has 41 heavy (non-hydrogen) atoms. The summed E-state index contributed by atoms with van der Waals surface area (Å²) < 4.78 is 0. The van der Waals surface area contributed by atoms with Crippen LogP contribution in [0.15, 0.2) is 11.1 Å². The third-order valence-corrected chi connectivity index (χ3v) is 8.56. The zero-order chi connectivity index (χ0) is 30.7. The summed E-state index contributed by atoms with van der Waals surface area (Å²) >= 11 is 0. The third-order valence-electron chi connectivity index (χ3n) is 8.56. The van der Waals surface area contributed by atoms with Crippen LogP contribution in [0.3, 0.4) is 0 Å². The molecule has 0 fully saturated rings. The first-order valence-electron chi connectivity index (χ1n) is 18.6. The number of nitrogens with two attached hydrogens (primary N) is 1. The van der Waals surface area contributed by atoms with Crippen molar-refractivity contribution in [2.24, 2.45) is 5.73 Å². The molecule has 0 aromatic carbocycles. The molecule has 1 amide bonds. The minimum Gasteiger partial charge on any atom is -0.366 e. The van der Waals surface area contributed by atoms with E-state index in [1.807, 2.05) is 21.0 Å². The maximum atomic E-state index is 11.8. The Labute approximate surface area is 260 Å². The number of amides is 1. The van der Waals surface area contributed by atoms with Gasteiger partial charge in [-0.25, -0.2) is 0 Å². The SMILES string of the molecule is CCCCCCCCCCCCCCCCC(CCCCCCCCCCCCCCCC)=C(C)C(N)=O.CNC. The van der Waals surface area contributed by atoms with Crippen LogP contribution >= 0.6 is 0 Å². The molecule has 0 aliphatic carbocycles. The zero-order valence-electron chi connectivity index (χ0n) is 29.2. The molecule has 0 atom stereocenters. The molecule has 0 rings (SSSR count). The van der Waals surface area contributed by atoms with Gasteiger partial charge in [0, 0.05) is 5.57 Å². The zero-order valence-corrected chi connectivity index (χ0v) is 29.2. The molecular weight excluding hydrogens is 500 g/mol. The summed E-state index contributed by atoms with van der Waals surface area (Å²) in [6, 6.07) is 0. The molecule has 0 heterocycles. The predicted molar refractivity (Wildman–Crippen MR) is 187 cm³/mol. The topological polar surface area (TPSA) is 55.1 Å². The first kappa shape index (κ1) is 42.3. The van der Waals surface area contributed by atoms with Crippen LogP contribution in [0.1, 0.15) is 213 Å². The molecular formula is C38H78N2O. The molecule has 0 aliphatic heterocycles. The van der Waals surface area contributed by atoms with Crippen molar-refractivity contribution in [2.45, 2.75) is 213 Å². The number of primary amides is 1. The van der Waals surface area contributed by atoms with Gasteiger partial charge >= 0.3 is 0 Å². The number of carbonyl (C=O) groups excluding carboxylic acids is 1. The maximum Gasteiger partial charge on any atom is 0.244 e. The van der Waals surface area contributed by atoms with Crippen molar-refractivity contribution >= 4 is 5.91 Å². The van der Waals surface area contributed by atoms with Crippen LogP contribution in [0.5, 0.6) is 0 Å². The first-order valence-corrected chi connectivity index (χ1v) is 18.6. The number of unbranched alkanes of at least 4 members (excludes halogenated alkanes) is 26. The van der Waals surface area contributed by atoms with Crippen molar-refractivity contribution in [2.75, 3.05) is 14.1 Å². The summed E-state index contributed by atoms with van der Waals surface area (Å²) in [5, 5.41) is 2.75. The molecule has 0 aliphatic rings. The standard InChI is InChI=1S/C36H71NO.C2H7N/c1-4-6-8-10-12-14-16-18-20-22-24-26-28-30-32-35(34(3)36(37)38)33-31-29-27-25-23-21-19-17-15-13-11-9-7-5-2;1-3-2/h4-33H2,1-3H3,(H2,37,38);3H,1-2H3. The molecule has 0 spiro atoms. The average Bonchev–Trinajstić information content (AvgIpc) is 2.96. The molecule has 246 valence electrons. The van der Waals surface area contributed by atoms with Gasteiger partial charge in [-0.1, -0.05) is 186 Å². The van der Waals surface area contributed by atoms with Gasteiger partial charge in [-0.05, 0) is 46.7 Å². The smallest absolute Gasteiger partial charge is 0.244 e. The summed E-state index contributed by atoms with van der Waals surface area (Å²) in [6.07, 6.45) is 41.1. The highest BCUT2D eigenvalue weighted by atomic mass is 16.1. The lowest BCUT2D eigenvalue weighted by Gasteiger charge is -2.11.